The van der Waals surface area contributed by atoms with E-state index in [1.807, 2.05) is 31.2 Å². The van der Waals surface area contributed by atoms with Crippen molar-refractivity contribution in [3.8, 4) is 0 Å². The van der Waals surface area contributed by atoms with Crippen LogP contribution in [0.4, 0.5) is 11.5 Å². The van der Waals surface area contributed by atoms with Crippen LogP contribution in [-0.2, 0) is 6.42 Å². The van der Waals surface area contributed by atoms with Gasteiger partial charge in [0.05, 0.1) is 0 Å². The number of hydrogen-bond acceptors (Lipinski definition) is 4. The largest absolute Gasteiger partial charge is 0.369 e. The van der Waals surface area contributed by atoms with Crippen molar-refractivity contribution in [3.05, 3.63) is 47.7 Å². The molecule has 20 heavy (non-hydrogen) atoms. The summed E-state index contributed by atoms with van der Waals surface area (Å²) in [6.45, 7) is 4.80. The Morgan fingerprint density at radius 2 is 1.90 bits per heavy atom. The third-order valence-electron chi connectivity index (χ3n) is 2.90. The highest BCUT2D eigenvalue weighted by Crippen LogP contribution is 2.16. The molecule has 5 heteroatoms. The molecule has 0 atom stereocenters. The maximum Gasteiger partial charge on any atom is 0.276 e. The van der Waals surface area contributed by atoms with Gasteiger partial charge in [0.2, 0.25) is 0 Å². The molecule has 104 valence electrons. The highest BCUT2D eigenvalue weighted by Gasteiger charge is 2.10. The molecule has 0 aliphatic heterocycles. The van der Waals surface area contributed by atoms with E-state index >= 15 is 0 Å². The van der Waals surface area contributed by atoms with E-state index in [1.54, 1.807) is 12.1 Å². The van der Waals surface area contributed by atoms with Gasteiger partial charge < -0.3 is 10.6 Å². The lowest BCUT2D eigenvalue weighted by Gasteiger charge is -2.09. The van der Waals surface area contributed by atoms with E-state index in [1.165, 1.54) is 0 Å². The first-order valence-corrected chi connectivity index (χ1v) is 6.71. The molecule has 1 aromatic heterocycles. The average molecular weight is 270 g/mol. The molecule has 0 unspecified atom stereocenters. The summed E-state index contributed by atoms with van der Waals surface area (Å²) in [6.07, 6.45) is 0.863. The summed E-state index contributed by atoms with van der Waals surface area (Å²) in [5.74, 6) is 0.416. The molecule has 2 N–H and O–H groups in total. The first-order chi connectivity index (χ1) is 9.74. The van der Waals surface area contributed by atoms with Gasteiger partial charge in [-0.05, 0) is 37.1 Å². The molecule has 1 heterocycles. The van der Waals surface area contributed by atoms with Crippen LogP contribution in [0, 0.1) is 0 Å². The highest BCUT2D eigenvalue weighted by atomic mass is 16.1. The van der Waals surface area contributed by atoms with E-state index in [9.17, 15) is 4.79 Å². The van der Waals surface area contributed by atoms with Gasteiger partial charge in [0, 0.05) is 12.2 Å². The molecule has 0 aliphatic carbocycles. The minimum atomic E-state index is -0.249. The van der Waals surface area contributed by atoms with Gasteiger partial charge in [-0.1, -0.05) is 25.1 Å². The second kappa shape index (κ2) is 6.65. The summed E-state index contributed by atoms with van der Waals surface area (Å²) in [5, 5.41) is 13.8. The van der Waals surface area contributed by atoms with E-state index in [2.05, 4.69) is 27.8 Å². The highest BCUT2D eigenvalue weighted by molar-refractivity contribution is 6.03. The molecule has 2 aromatic rings. The number of aromatic nitrogens is 2. The van der Waals surface area contributed by atoms with Gasteiger partial charge in [-0.25, -0.2) is 0 Å². The summed E-state index contributed by atoms with van der Waals surface area (Å²) < 4.78 is 0. The number of amides is 1. The van der Waals surface area contributed by atoms with Gasteiger partial charge >= 0.3 is 0 Å². The van der Waals surface area contributed by atoms with Gasteiger partial charge in [-0.3, -0.25) is 4.79 Å². The van der Waals surface area contributed by atoms with Crippen LogP contribution in [0.1, 0.15) is 29.9 Å². The Morgan fingerprint density at radius 1 is 1.10 bits per heavy atom. The predicted octanol–water partition coefficient (Wildman–Crippen LogP) is 2.72. The number of carbonyl (C=O) groups is 1. The molecule has 0 saturated heterocycles. The molecular weight excluding hydrogens is 252 g/mol. The fourth-order valence-electron chi connectivity index (χ4n) is 1.87. The molecule has 2 rings (SSSR count). The number of anilines is 2. The number of hydrogen-bond donors (Lipinski definition) is 2. The van der Waals surface area contributed by atoms with Gasteiger partial charge in [0.1, 0.15) is 5.82 Å². The van der Waals surface area contributed by atoms with E-state index in [4.69, 9.17) is 0 Å². The average Bonchev–Trinajstić information content (AvgIpc) is 2.49. The maximum absolute atomic E-state index is 12.1. The lowest BCUT2D eigenvalue weighted by molar-refractivity contribution is 0.102. The fraction of sp³-hybridized carbons (Fsp3) is 0.267. The monoisotopic (exact) mass is 270 g/mol. The Bertz CT molecular complexity index is 581. The Labute approximate surface area is 118 Å². The number of carbonyl (C=O) groups excluding carboxylic acids is 1. The molecule has 0 fully saturated rings. The number of nitrogens with zero attached hydrogens (tertiary/aromatic N) is 2. The van der Waals surface area contributed by atoms with Crippen molar-refractivity contribution in [3.63, 3.8) is 0 Å². The van der Waals surface area contributed by atoms with Crippen LogP contribution in [0.15, 0.2) is 36.4 Å². The Hall–Kier alpha value is -2.43. The predicted molar refractivity (Wildman–Crippen MR) is 80.0 cm³/mol. The second-order valence-corrected chi connectivity index (χ2v) is 4.30. The summed E-state index contributed by atoms with van der Waals surface area (Å²) >= 11 is 0. The zero-order valence-corrected chi connectivity index (χ0v) is 11.7. The van der Waals surface area contributed by atoms with Crippen molar-refractivity contribution in [1.29, 1.82) is 0 Å². The third kappa shape index (κ3) is 3.32. The van der Waals surface area contributed by atoms with Gasteiger partial charge in [0.25, 0.3) is 5.91 Å². The number of rotatable bonds is 5. The van der Waals surface area contributed by atoms with Crippen molar-refractivity contribution in [2.75, 3.05) is 17.2 Å². The fourth-order valence-corrected chi connectivity index (χ4v) is 1.87. The zero-order chi connectivity index (χ0) is 14.4. The van der Waals surface area contributed by atoms with Crippen LogP contribution in [0.25, 0.3) is 0 Å². The molecule has 1 amide bonds. The number of nitrogens with one attached hydrogen (secondary N) is 2. The van der Waals surface area contributed by atoms with Crippen LogP contribution < -0.4 is 10.6 Å². The Morgan fingerprint density at radius 3 is 2.55 bits per heavy atom. The standard InChI is InChI=1S/C15H18N4O/c1-3-11-7-5-6-8-12(11)17-15(20)13-9-10-14(16-4-2)19-18-13/h5-10H,3-4H2,1-2H3,(H,16,19)(H,17,20). The molecule has 5 nitrogen and oxygen atoms in total. The summed E-state index contributed by atoms with van der Waals surface area (Å²) in [5.41, 5.74) is 2.22. The van der Waals surface area contributed by atoms with Crippen LogP contribution in [-0.4, -0.2) is 22.6 Å². The molecule has 0 radical (unpaired) electrons. The van der Waals surface area contributed by atoms with Gasteiger partial charge in [-0.2, -0.15) is 0 Å². The molecule has 0 aliphatic rings. The van der Waals surface area contributed by atoms with Crippen molar-refractivity contribution >= 4 is 17.4 Å². The van der Waals surface area contributed by atoms with Crippen LogP contribution in [0.3, 0.4) is 0 Å². The summed E-state index contributed by atoms with van der Waals surface area (Å²) in [6, 6.07) is 11.1. The van der Waals surface area contributed by atoms with Crippen molar-refractivity contribution in [2.45, 2.75) is 20.3 Å². The minimum Gasteiger partial charge on any atom is -0.369 e. The lowest BCUT2D eigenvalue weighted by atomic mass is 10.1. The molecule has 0 bridgehead atoms. The normalized spacial score (nSPS) is 10.1. The molecule has 0 saturated carbocycles. The van der Waals surface area contributed by atoms with Crippen LogP contribution >= 0.6 is 0 Å². The van der Waals surface area contributed by atoms with E-state index < -0.39 is 0 Å². The van der Waals surface area contributed by atoms with Crippen molar-refractivity contribution in [1.82, 2.24) is 10.2 Å². The second-order valence-electron chi connectivity index (χ2n) is 4.30. The molecular formula is C15H18N4O. The maximum atomic E-state index is 12.1. The Balaban J connectivity index is 2.11. The number of aryl methyl sites for hydroxylation is 1. The third-order valence-corrected chi connectivity index (χ3v) is 2.90. The smallest absolute Gasteiger partial charge is 0.276 e. The molecule has 0 spiro atoms. The topological polar surface area (TPSA) is 66.9 Å². The molecule has 1 aromatic carbocycles. The van der Waals surface area contributed by atoms with Crippen LogP contribution in [0.5, 0.6) is 0 Å². The zero-order valence-electron chi connectivity index (χ0n) is 11.7. The van der Waals surface area contributed by atoms with Gasteiger partial charge in [-0.15, -0.1) is 10.2 Å². The number of benzene rings is 1. The van der Waals surface area contributed by atoms with E-state index in [0.29, 0.717) is 11.5 Å². The first-order valence-electron chi connectivity index (χ1n) is 6.71. The van der Waals surface area contributed by atoms with E-state index in [-0.39, 0.29) is 5.91 Å². The SMILES string of the molecule is CCNc1ccc(C(=O)Nc2ccccc2CC)nn1. The van der Waals surface area contributed by atoms with E-state index in [0.717, 1.165) is 24.2 Å². The van der Waals surface area contributed by atoms with Gasteiger partial charge in [0.15, 0.2) is 5.69 Å². The summed E-state index contributed by atoms with van der Waals surface area (Å²) in [4.78, 5) is 12.1. The van der Waals surface area contributed by atoms with Crippen molar-refractivity contribution < 1.29 is 4.79 Å². The summed E-state index contributed by atoms with van der Waals surface area (Å²) in [7, 11) is 0. The first kappa shape index (κ1) is 14.0. The minimum absolute atomic E-state index is 0.249. The van der Waals surface area contributed by atoms with Crippen molar-refractivity contribution in [2.24, 2.45) is 0 Å². The Kier molecular flexibility index (Phi) is 4.65. The lowest BCUT2D eigenvalue weighted by Crippen LogP contribution is -2.15. The van der Waals surface area contributed by atoms with Crippen LogP contribution in [0.2, 0.25) is 0 Å². The quantitative estimate of drug-likeness (QED) is 0.876. The number of para-hydroxylation sites is 1.